The maximum absolute atomic E-state index is 11.6. The van der Waals surface area contributed by atoms with Crippen LogP contribution in [0.4, 0.5) is 0 Å². The Morgan fingerprint density at radius 2 is 2.38 bits per heavy atom. The summed E-state index contributed by atoms with van der Waals surface area (Å²) in [5, 5.41) is 8.47. The third-order valence-corrected chi connectivity index (χ3v) is 3.26. The van der Waals surface area contributed by atoms with Crippen molar-refractivity contribution in [1.29, 1.82) is 0 Å². The maximum Gasteiger partial charge on any atom is 0.273 e. The van der Waals surface area contributed by atoms with Gasteiger partial charge in [-0.25, -0.2) is 0 Å². The molecule has 0 aliphatic rings. The monoisotopic (exact) mass is 236 g/mol. The predicted octanol–water partition coefficient (Wildman–Crippen LogP) is 2.28. The van der Waals surface area contributed by atoms with Crippen LogP contribution in [0.2, 0.25) is 0 Å². The molecule has 2 aromatic rings. The minimum Gasteiger partial charge on any atom is -0.361 e. The Kier molecular flexibility index (Phi) is 3.05. The number of hydrogen-bond donors (Lipinski definition) is 1. The van der Waals surface area contributed by atoms with Crippen LogP contribution < -0.4 is 5.32 Å². The molecule has 2 rings (SSSR count). The lowest BCUT2D eigenvalue weighted by atomic mass is 10.3. The molecule has 4 nitrogen and oxygen atoms in total. The van der Waals surface area contributed by atoms with Crippen molar-refractivity contribution in [3.63, 3.8) is 0 Å². The summed E-state index contributed by atoms with van der Waals surface area (Å²) in [6.07, 6.45) is 0. The van der Waals surface area contributed by atoms with Crippen LogP contribution in [-0.2, 0) is 6.54 Å². The van der Waals surface area contributed by atoms with Gasteiger partial charge in [-0.2, -0.15) is 0 Å². The number of carbonyl (C=O) groups excluding carboxylic acids is 1. The molecule has 0 aliphatic heterocycles. The lowest BCUT2D eigenvalue weighted by molar-refractivity contribution is 0.0942. The molecule has 0 atom stereocenters. The van der Waals surface area contributed by atoms with E-state index in [9.17, 15) is 4.79 Å². The molecule has 1 amide bonds. The smallest absolute Gasteiger partial charge is 0.273 e. The summed E-state index contributed by atoms with van der Waals surface area (Å²) in [4.78, 5) is 12.8. The van der Waals surface area contributed by atoms with Crippen molar-refractivity contribution in [3.8, 4) is 0 Å². The zero-order chi connectivity index (χ0) is 11.5. The fourth-order valence-corrected chi connectivity index (χ4v) is 2.16. The normalized spacial score (nSPS) is 10.4. The maximum atomic E-state index is 11.6. The number of carbonyl (C=O) groups is 1. The van der Waals surface area contributed by atoms with Gasteiger partial charge in [-0.05, 0) is 30.9 Å². The van der Waals surface area contributed by atoms with Gasteiger partial charge in [0, 0.05) is 10.9 Å². The minimum absolute atomic E-state index is 0.204. The fraction of sp³-hybridized carbons (Fsp3) is 0.273. The van der Waals surface area contributed by atoms with Crippen LogP contribution in [-0.4, -0.2) is 11.1 Å². The van der Waals surface area contributed by atoms with Crippen molar-refractivity contribution in [2.24, 2.45) is 0 Å². The van der Waals surface area contributed by atoms with E-state index < -0.39 is 0 Å². The number of hydrogen-bond acceptors (Lipinski definition) is 4. The minimum atomic E-state index is -0.204. The number of amides is 1. The molecule has 0 radical (unpaired) electrons. The number of aryl methyl sites for hydroxylation is 2. The molecular formula is C11H12N2O2S. The summed E-state index contributed by atoms with van der Waals surface area (Å²) < 4.78 is 4.84. The molecule has 0 unspecified atom stereocenters. The molecule has 0 spiro atoms. The summed E-state index contributed by atoms with van der Waals surface area (Å²) in [5.41, 5.74) is 1.52. The first-order valence-electron chi connectivity index (χ1n) is 4.91. The molecule has 5 heteroatoms. The second-order valence-electron chi connectivity index (χ2n) is 3.53. The first-order chi connectivity index (χ1) is 7.66. The van der Waals surface area contributed by atoms with Gasteiger partial charge in [0.2, 0.25) is 0 Å². The van der Waals surface area contributed by atoms with Gasteiger partial charge in [-0.15, -0.1) is 11.3 Å². The summed E-state index contributed by atoms with van der Waals surface area (Å²) >= 11 is 1.63. The van der Waals surface area contributed by atoms with E-state index in [1.807, 2.05) is 18.4 Å². The molecule has 16 heavy (non-hydrogen) atoms. The van der Waals surface area contributed by atoms with Crippen LogP contribution in [0, 0.1) is 13.8 Å². The van der Waals surface area contributed by atoms with E-state index in [1.54, 1.807) is 24.3 Å². The quantitative estimate of drug-likeness (QED) is 0.889. The highest BCUT2D eigenvalue weighted by Gasteiger charge is 2.10. The third-order valence-electron chi connectivity index (χ3n) is 2.24. The summed E-state index contributed by atoms with van der Waals surface area (Å²) in [6, 6.07) is 3.66. The average molecular weight is 236 g/mol. The average Bonchev–Trinajstić information content (AvgIpc) is 2.84. The molecule has 0 aliphatic carbocycles. The van der Waals surface area contributed by atoms with Gasteiger partial charge < -0.3 is 9.84 Å². The van der Waals surface area contributed by atoms with E-state index >= 15 is 0 Å². The molecular weight excluding hydrogens is 224 g/mol. The van der Waals surface area contributed by atoms with Gasteiger partial charge in [-0.3, -0.25) is 4.79 Å². The van der Waals surface area contributed by atoms with Gasteiger partial charge in [0.05, 0.1) is 6.54 Å². The van der Waals surface area contributed by atoms with Crippen LogP contribution in [0.3, 0.4) is 0 Å². The second kappa shape index (κ2) is 4.49. The molecule has 0 bridgehead atoms. The molecule has 2 heterocycles. The highest BCUT2D eigenvalue weighted by Crippen LogP contribution is 2.15. The van der Waals surface area contributed by atoms with Crippen LogP contribution in [0.25, 0.3) is 0 Å². The van der Waals surface area contributed by atoms with Crippen molar-refractivity contribution in [1.82, 2.24) is 10.5 Å². The second-order valence-corrected chi connectivity index (χ2v) is 4.53. The number of nitrogens with one attached hydrogen (secondary N) is 1. The summed E-state index contributed by atoms with van der Waals surface area (Å²) in [7, 11) is 0. The van der Waals surface area contributed by atoms with Gasteiger partial charge in [0.15, 0.2) is 5.69 Å². The number of nitrogens with zero attached hydrogens (tertiary/aromatic N) is 1. The van der Waals surface area contributed by atoms with Crippen LogP contribution in [0.1, 0.15) is 26.7 Å². The van der Waals surface area contributed by atoms with Crippen molar-refractivity contribution in [3.05, 3.63) is 39.4 Å². The van der Waals surface area contributed by atoms with Crippen LogP contribution >= 0.6 is 11.3 Å². The molecule has 0 saturated heterocycles. The van der Waals surface area contributed by atoms with Crippen molar-refractivity contribution >= 4 is 17.2 Å². The Morgan fingerprint density at radius 3 is 2.94 bits per heavy atom. The predicted molar refractivity (Wildman–Crippen MR) is 61.5 cm³/mol. The Balaban J connectivity index is 1.96. The lowest BCUT2D eigenvalue weighted by Crippen LogP contribution is -2.22. The topological polar surface area (TPSA) is 55.1 Å². The third kappa shape index (κ3) is 2.30. The molecule has 0 fully saturated rings. The van der Waals surface area contributed by atoms with E-state index in [1.165, 1.54) is 5.56 Å². The van der Waals surface area contributed by atoms with Gasteiger partial charge in [-0.1, -0.05) is 5.16 Å². The number of rotatable bonds is 3. The van der Waals surface area contributed by atoms with Crippen LogP contribution in [0.5, 0.6) is 0 Å². The summed E-state index contributed by atoms with van der Waals surface area (Å²) in [6.45, 7) is 4.32. The van der Waals surface area contributed by atoms with E-state index in [4.69, 9.17) is 4.52 Å². The van der Waals surface area contributed by atoms with E-state index in [-0.39, 0.29) is 5.91 Å². The van der Waals surface area contributed by atoms with Crippen molar-refractivity contribution in [2.45, 2.75) is 20.4 Å². The number of thiophene rings is 1. The Hall–Kier alpha value is -1.62. The molecule has 0 aromatic carbocycles. The van der Waals surface area contributed by atoms with Crippen LogP contribution in [0.15, 0.2) is 22.0 Å². The molecule has 0 saturated carbocycles. The Labute approximate surface area is 97.3 Å². The highest BCUT2D eigenvalue weighted by atomic mass is 32.1. The van der Waals surface area contributed by atoms with E-state index in [0.717, 1.165) is 4.88 Å². The molecule has 1 N–H and O–H groups in total. The van der Waals surface area contributed by atoms with E-state index in [0.29, 0.717) is 18.0 Å². The number of aromatic nitrogens is 1. The largest absolute Gasteiger partial charge is 0.361 e. The first kappa shape index (κ1) is 10.9. The SMILES string of the molecule is Cc1cc(C(=O)NCc2sccc2C)no1. The standard InChI is InChI=1S/C11H12N2O2S/c1-7-3-4-16-10(7)6-12-11(14)9-5-8(2)15-13-9/h3-5H,6H2,1-2H3,(H,12,14). The van der Waals surface area contributed by atoms with Crippen molar-refractivity contribution < 1.29 is 9.32 Å². The summed E-state index contributed by atoms with van der Waals surface area (Å²) in [5.74, 6) is 0.433. The Bertz CT molecular complexity index is 502. The lowest BCUT2D eigenvalue weighted by Gasteiger charge is -2.01. The molecule has 84 valence electrons. The van der Waals surface area contributed by atoms with Gasteiger partial charge >= 0.3 is 0 Å². The first-order valence-corrected chi connectivity index (χ1v) is 5.79. The zero-order valence-corrected chi connectivity index (χ0v) is 9.93. The fourth-order valence-electron chi connectivity index (χ4n) is 1.31. The Morgan fingerprint density at radius 1 is 1.56 bits per heavy atom. The van der Waals surface area contributed by atoms with E-state index in [2.05, 4.69) is 10.5 Å². The van der Waals surface area contributed by atoms with Gasteiger partial charge in [0.25, 0.3) is 5.91 Å². The molecule has 2 aromatic heterocycles. The van der Waals surface area contributed by atoms with Gasteiger partial charge in [0.1, 0.15) is 5.76 Å². The van der Waals surface area contributed by atoms with Crippen molar-refractivity contribution in [2.75, 3.05) is 0 Å². The zero-order valence-electron chi connectivity index (χ0n) is 9.11. The highest BCUT2D eigenvalue weighted by molar-refractivity contribution is 7.10.